The lowest BCUT2D eigenvalue weighted by atomic mass is 9.93. The molecule has 1 fully saturated rings. The minimum Gasteiger partial charge on any atom is -0.481 e. The van der Waals surface area contributed by atoms with Crippen LogP contribution in [0.4, 0.5) is 48.5 Å². The van der Waals surface area contributed by atoms with Crippen LogP contribution in [0.3, 0.4) is 0 Å². The number of nitrogens with one attached hydrogen (secondary N) is 1. The van der Waals surface area contributed by atoms with E-state index in [1.165, 1.54) is 23.1 Å². The lowest BCUT2D eigenvalue weighted by Crippen LogP contribution is -2.46. The average molecular weight is 667 g/mol. The van der Waals surface area contributed by atoms with Crippen molar-refractivity contribution < 1.29 is 45.4 Å². The number of hydrogen-bond acceptors (Lipinski definition) is 8. The van der Waals surface area contributed by atoms with E-state index < -0.39 is 42.0 Å². The zero-order valence-corrected chi connectivity index (χ0v) is 25.7. The molecule has 10 nitrogen and oxygen atoms in total. The monoisotopic (exact) mass is 666 g/mol. The Morgan fingerprint density at radius 2 is 1.72 bits per heavy atom. The van der Waals surface area contributed by atoms with Crippen LogP contribution in [-0.4, -0.2) is 53.3 Å². The Bertz CT molecular complexity index is 1620. The zero-order chi connectivity index (χ0) is 34.1. The van der Waals surface area contributed by atoms with Crippen molar-refractivity contribution in [2.45, 2.75) is 70.4 Å². The number of ether oxygens (including phenoxy) is 2. The van der Waals surface area contributed by atoms with E-state index in [2.05, 4.69) is 20.3 Å². The molecule has 2 amide bonds. The summed E-state index contributed by atoms with van der Waals surface area (Å²) >= 11 is 0. The van der Waals surface area contributed by atoms with Gasteiger partial charge in [0.05, 0.1) is 59.8 Å². The molecule has 4 heterocycles. The molecule has 2 atom stereocenters. The first-order valence-corrected chi connectivity index (χ1v) is 15.0. The van der Waals surface area contributed by atoms with Gasteiger partial charge in [0.25, 0.3) is 0 Å². The molecule has 1 aromatic carbocycles. The van der Waals surface area contributed by atoms with Crippen molar-refractivity contribution in [3.63, 3.8) is 0 Å². The van der Waals surface area contributed by atoms with Gasteiger partial charge < -0.3 is 19.7 Å². The maximum Gasteiger partial charge on any atom is 0.416 e. The number of halogens is 6. The maximum atomic E-state index is 13.6. The SMILES string of the molecule is CCOC(=O)N1c2ccc(OC)nc2[C@@H](Nc2ncc(N3CCCC3=O)c(Cc3cc(C(F)(F)F)cc(C(F)(F)F)c3)n2)C[C@H]1CC. The van der Waals surface area contributed by atoms with Crippen LogP contribution in [-0.2, 0) is 28.3 Å². The summed E-state index contributed by atoms with van der Waals surface area (Å²) in [4.78, 5) is 42.0. The van der Waals surface area contributed by atoms with Gasteiger partial charge in [-0.15, -0.1) is 0 Å². The Labute approximate surface area is 266 Å². The molecule has 0 unspecified atom stereocenters. The number of amides is 2. The van der Waals surface area contributed by atoms with E-state index in [-0.39, 0.29) is 59.8 Å². The van der Waals surface area contributed by atoms with Crippen LogP contribution in [0.25, 0.3) is 0 Å². The van der Waals surface area contributed by atoms with Crippen molar-refractivity contribution >= 4 is 29.3 Å². The van der Waals surface area contributed by atoms with Crippen LogP contribution >= 0.6 is 0 Å². The van der Waals surface area contributed by atoms with Crippen LogP contribution in [0.2, 0.25) is 0 Å². The molecule has 2 aromatic heterocycles. The highest BCUT2D eigenvalue weighted by atomic mass is 19.4. The van der Waals surface area contributed by atoms with Gasteiger partial charge >= 0.3 is 18.4 Å². The van der Waals surface area contributed by atoms with Gasteiger partial charge in [-0.25, -0.2) is 19.7 Å². The van der Waals surface area contributed by atoms with Crippen molar-refractivity contribution in [3.8, 4) is 5.88 Å². The number of alkyl halides is 6. The summed E-state index contributed by atoms with van der Waals surface area (Å²) in [7, 11) is 1.43. The number of hydrogen-bond donors (Lipinski definition) is 1. The molecule has 5 rings (SSSR count). The Kier molecular flexibility index (Phi) is 9.50. The third-order valence-electron chi connectivity index (χ3n) is 8.02. The van der Waals surface area contributed by atoms with E-state index in [9.17, 15) is 35.9 Å². The van der Waals surface area contributed by atoms with Gasteiger partial charge in [0.2, 0.25) is 17.7 Å². The van der Waals surface area contributed by atoms with E-state index in [1.807, 2.05) is 6.92 Å². The van der Waals surface area contributed by atoms with Gasteiger partial charge in [-0.2, -0.15) is 26.3 Å². The van der Waals surface area contributed by atoms with Crippen molar-refractivity contribution in [2.75, 3.05) is 35.4 Å². The standard InChI is InChI=1S/C31H32F6N6O4/c1-4-20-15-22(27-23(8-9-25(41-27)46-3)43(20)29(45)47-5-2)40-28-38-16-24(42-10-6-7-26(42)44)21(39-28)13-17-11-18(30(32,33)34)14-19(12-17)31(35,36)37/h8-9,11-12,14,16,20,22H,4-7,10,13,15H2,1-3H3,(H,38,39,40)/t20-,22+/m1/s1. The van der Waals surface area contributed by atoms with Crippen LogP contribution in [0, 0.1) is 0 Å². The van der Waals surface area contributed by atoms with Gasteiger partial charge in [0.1, 0.15) is 0 Å². The molecule has 0 radical (unpaired) electrons. The Hall–Kier alpha value is -4.63. The highest BCUT2D eigenvalue weighted by Crippen LogP contribution is 2.41. The van der Waals surface area contributed by atoms with Crippen molar-refractivity contribution in [1.82, 2.24) is 15.0 Å². The zero-order valence-electron chi connectivity index (χ0n) is 25.7. The number of fused-ring (bicyclic) bond motifs is 1. The molecule has 0 bridgehead atoms. The molecule has 0 saturated carbocycles. The molecule has 252 valence electrons. The number of carbonyl (C=O) groups excluding carboxylic acids is 2. The smallest absolute Gasteiger partial charge is 0.416 e. The minimum absolute atomic E-state index is 0.00146. The summed E-state index contributed by atoms with van der Waals surface area (Å²) in [5.41, 5.74) is -2.09. The molecule has 47 heavy (non-hydrogen) atoms. The van der Waals surface area contributed by atoms with Crippen LogP contribution in [0.15, 0.2) is 36.5 Å². The molecule has 1 N–H and O–H groups in total. The molecule has 1 saturated heterocycles. The summed E-state index contributed by atoms with van der Waals surface area (Å²) in [6.45, 7) is 4.04. The fourth-order valence-electron chi connectivity index (χ4n) is 5.83. The largest absolute Gasteiger partial charge is 0.481 e. The summed E-state index contributed by atoms with van der Waals surface area (Å²) in [6.07, 6.45) is -8.12. The predicted octanol–water partition coefficient (Wildman–Crippen LogP) is 6.93. The number of pyridine rings is 1. The quantitative estimate of drug-likeness (QED) is 0.258. The number of methoxy groups -OCH3 is 1. The van der Waals surface area contributed by atoms with E-state index in [0.29, 0.717) is 49.3 Å². The number of rotatable bonds is 8. The third-order valence-corrected chi connectivity index (χ3v) is 8.02. The fraction of sp³-hybridized carbons (Fsp3) is 0.452. The Morgan fingerprint density at radius 1 is 1.02 bits per heavy atom. The summed E-state index contributed by atoms with van der Waals surface area (Å²) in [5, 5.41) is 3.19. The first-order valence-electron chi connectivity index (χ1n) is 15.0. The summed E-state index contributed by atoms with van der Waals surface area (Å²) < 4.78 is 92.4. The third kappa shape index (κ3) is 7.20. The van der Waals surface area contributed by atoms with E-state index in [4.69, 9.17) is 9.47 Å². The van der Waals surface area contributed by atoms with E-state index in [1.54, 1.807) is 19.1 Å². The second-order valence-corrected chi connectivity index (χ2v) is 11.1. The number of aromatic nitrogens is 3. The molecule has 16 heteroatoms. The van der Waals surface area contributed by atoms with Crippen LogP contribution in [0.1, 0.15) is 73.7 Å². The molecule has 0 aliphatic carbocycles. The lowest BCUT2D eigenvalue weighted by molar-refractivity contribution is -0.143. The number of nitrogens with zero attached hydrogens (tertiary/aromatic N) is 5. The van der Waals surface area contributed by atoms with Crippen molar-refractivity contribution in [1.29, 1.82) is 0 Å². The van der Waals surface area contributed by atoms with Gasteiger partial charge in [-0.1, -0.05) is 6.92 Å². The van der Waals surface area contributed by atoms with Crippen molar-refractivity contribution in [2.24, 2.45) is 0 Å². The Morgan fingerprint density at radius 3 is 2.30 bits per heavy atom. The van der Waals surface area contributed by atoms with E-state index in [0.717, 1.165) is 0 Å². The number of benzene rings is 1. The fourth-order valence-corrected chi connectivity index (χ4v) is 5.83. The molecule has 2 aliphatic rings. The average Bonchev–Trinajstić information content (AvgIpc) is 3.45. The Balaban J connectivity index is 1.57. The topological polar surface area (TPSA) is 110 Å². The summed E-state index contributed by atoms with van der Waals surface area (Å²) in [6, 6.07) is 3.70. The number of anilines is 3. The number of carbonyl (C=O) groups is 2. The summed E-state index contributed by atoms with van der Waals surface area (Å²) in [5.74, 6) is 0.000164. The van der Waals surface area contributed by atoms with Crippen LogP contribution in [0.5, 0.6) is 5.88 Å². The first kappa shape index (κ1) is 33.7. The lowest BCUT2D eigenvalue weighted by Gasteiger charge is -2.39. The molecule has 2 aliphatic heterocycles. The van der Waals surface area contributed by atoms with Crippen molar-refractivity contribution in [3.05, 3.63) is 64.6 Å². The van der Waals surface area contributed by atoms with Crippen LogP contribution < -0.4 is 19.9 Å². The van der Waals surface area contributed by atoms with Gasteiger partial charge in [-0.05, 0) is 56.0 Å². The van der Waals surface area contributed by atoms with Gasteiger partial charge in [-0.3, -0.25) is 9.69 Å². The van der Waals surface area contributed by atoms with Gasteiger partial charge in [0, 0.05) is 31.5 Å². The molecule has 3 aromatic rings. The molecular formula is C31H32F6N6O4. The van der Waals surface area contributed by atoms with E-state index >= 15 is 0 Å². The molecule has 0 spiro atoms. The molecular weight excluding hydrogens is 634 g/mol. The highest BCUT2D eigenvalue weighted by Gasteiger charge is 2.39. The highest BCUT2D eigenvalue weighted by molar-refractivity contribution is 5.95. The maximum absolute atomic E-state index is 13.6. The second-order valence-electron chi connectivity index (χ2n) is 11.1. The normalized spacial score (nSPS) is 18.3. The predicted molar refractivity (Wildman–Crippen MR) is 158 cm³/mol. The minimum atomic E-state index is -5.03. The second kappa shape index (κ2) is 13.2. The first-order chi connectivity index (χ1) is 22.2. The van der Waals surface area contributed by atoms with Gasteiger partial charge in [0.15, 0.2) is 0 Å².